The van der Waals surface area contributed by atoms with Gasteiger partial charge in [-0.2, -0.15) is 0 Å². The van der Waals surface area contributed by atoms with Crippen molar-refractivity contribution in [3.63, 3.8) is 0 Å². The molecule has 80 valence electrons. The monoisotopic (exact) mass is 203 g/mol. The molecule has 0 aromatic heterocycles. The molecule has 0 amide bonds. The largest absolute Gasteiger partial charge is 0.470 e. The summed E-state index contributed by atoms with van der Waals surface area (Å²) in [6.45, 7) is 8.29. The quantitative estimate of drug-likeness (QED) is 0.633. The first kappa shape index (κ1) is 10.2. The Kier molecular flexibility index (Phi) is 2.29. The van der Waals surface area contributed by atoms with Crippen molar-refractivity contribution in [1.82, 2.24) is 0 Å². The Morgan fingerprint density at radius 2 is 1.87 bits per heavy atom. The number of fused-ring (bicyclic) bond motifs is 1. The summed E-state index contributed by atoms with van der Waals surface area (Å²) in [4.78, 5) is 4.59. The second-order valence-electron chi connectivity index (χ2n) is 4.94. The minimum atomic E-state index is -0.0908. The van der Waals surface area contributed by atoms with Crippen molar-refractivity contribution in [2.45, 2.75) is 39.3 Å². The maximum absolute atomic E-state index is 5.76. The molecule has 0 N–H and O–H groups in total. The lowest BCUT2D eigenvalue weighted by Gasteiger charge is -2.13. The summed E-state index contributed by atoms with van der Waals surface area (Å²) < 4.78 is 5.76. The van der Waals surface area contributed by atoms with Crippen LogP contribution in [0.2, 0.25) is 0 Å². The van der Waals surface area contributed by atoms with Crippen LogP contribution in [0.15, 0.2) is 29.3 Å². The molecule has 0 spiro atoms. The van der Waals surface area contributed by atoms with E-state index in [4.69, 9.17) is 4.74 Å². The van der Waals surface area contributed by atoms with Gasteiger partial charge in [-0.1, -0.05) is 18.2 Å². The molecule has 2 rings (SSSR count). The Morgan fingerprint density at radius 3 is 2.53 bits per heavy atom. The fraction of sp³-hybridized carbons (Fsp3) is 0.462. The van der Waals surface area contributed by atoms with Gasteiger partial charge < -0.3 is 4.74 Å². The number of nitrogens with zero attached hydrogens (tertiary/aromatic N) is 1. The molecule has 1 aliphatic rings. The van der Waals surface area contributed by atoms with Gasteiger partial charge in [0.15, 0.2) is 0 Å². The van der Waals surface area contributed by atoms with Gasteiger partial charge in [-0.25, -0.2) is 4.99 Å². The fourth-order valence-electron chi connectivity index (χ4n) is 1.73. The van der Waals surface area contributed by atoms with Gasteiger partial charge in [0.2, 0.25) is 5.90 Å². The smallest absolute Gasteiger partial charge is 0.217 e. The van der Waals surface area contributed by atoms with Crippen LogP contribution in [-0.2, 0) is 4.74 Å². The van der Waals surface area contributed by atoms with Gasteiger partial charge in [0.05, 0.1) is 5.54 Å². The fourth-order valence-corrected chi connectivity index (χ4v) is 1.73. The highest BCUT2D eigenvalue weighted by atomic mass is 16.5. The summed E-state index contributed by atoms with van der Waals surface area (Å²) in [5.74, 6) is 0.783. The molecule has 0 bridgehead atoms. The van der Waals surface area contributed by atoms with Crippen molar-refractivity contribution in [3.8, 4) is 0 Å². The van der Waals surface area contributed by atoms with Crippen LogP contribution < -0.4 is 0 Å². The van der Waals surface area contributed by atoms with Crippen molar-refractivity contribution in [2.24, 2.45) is 4.99 Å². The predicted molar refractivity (Wildman–Crippen MR) is 62.2 cm³/mol. The van der Waals surface area contributed by atoms with Crippen molar-refractivity contribution < 1.29 is 4.74 Å². The average molecular weight is 203 g/mol. The number of aliphatic imine (C=N–C) groups is 1. The third-order valence-corrected chi connectivity index (χ3v) is 2.35. The normalized spacial score (nSPS) is 22.7. The molecular formula is C13H17NO. The SMILES string of the molecule is CC1OC(=NC(C)(C)C)c2ccccc21. The number of hydrogen-bond donors (Lipinski definition) is 0. The van der Waals surface area contributed by atoms with Crippen molar-refractivity contribution in [2.75, 3.05) is 0 Å². The molecule has 1 aromatic carbocycles. The molecule has 1 unspecified atom stereocenters. The van der Waals surface area contributed by atoms with Crippen LogP contribution in [0.25, 0.3) is 0 Å². The second-order valence-corrected chi connectivity index (χ2v) is 4.94. The molecule has 2 heteroatoms. The molecule has 0 fully saturated rings. The molecule has 1 atom stereocenters. The van der Waals surface area contributed by atoms with E-state index in [9.17, 15) is 0 Å². The van der Waals surface area contributed by atoms with Gasteiger partial charge in [0, 0.05) is 11.1 Å². The maximum Gasteiger partial charge on any atom is 0.217 e. The molecule has 0 saturated heterocycles. The molecule has 0 saturated carbocycles. The summed E-state index contributed by atoms with van der Waals surface area (Å²) in [6.07, 6.45) is 0.127. The highest BCUT2D eigenvalue weighted by molar-refractivity contribution is 5.98. The van der Waals surface area contributed by atoms with Gasteiger partial charge in [-0.15, -0.1) is 0 Å². The first-order chi connectivity index (χ1) is 6.97. The summed E-state index contributed by atoms with van der Waals surface area (Å²) in [5.41, 5.74) is 2.28. The molecule has 1 aliphatic heterocycles. The summed E-state index contributed by atoms with van der Waals surface area (Å²) in [5, 5.41) is 0. The molecule has 0 aliphatic carbocycles. The lowest BCUT2D eigenvalue weighted by atomic mass is 10.1. The van der Waals surface area contributed by atoms with E-state index < -0.39 is 0 Å². The zero-order valence-corrected chi connectivity index (χ0v) is 9.74. The Labute approximate surface area is 91.0 Å². The second kappa shape index (κ2) is 3.37. The van der Waals surface area contributed by atoms with Gasteiger partial charge >= 0.3 is 0 Å². The third-order valence-electron chi connectivity index (χ3n) is 2.35. The average Bonchev–Trinajstić information content (AvgIpc) is 2.42. The Balaban J connectivity index is 2.45. The Morgan fingerprint density at radius 1 is 1.20 bits per heavy atom. The van der Waals surface area contributed by atoms with Crippen LogP contribution in [0.3, 0.4) is 0 Å². The molecule has 1 heterocycles. The lowest BCUT2D eigenvalue weighted by molar-refractivity contribution is 0.228. The van der Waals surface area contributed by atoms with Gasteiger partial charge in [-0.05, 0) is 33.8 Å². The summed E-state index contributed by atoms with van der Waals surface area (Å²) >= 11 is 0. The standard InChI is InChI=1S/C13H17NO/c1-9-10-7-5-6-8-11(10)12(15-9)14-13(2,3)4/h5-9H,1-4H3. The Hall–Kier alpha value is -1.31. The van der Waals surface area contributed by atoms with E-state index in [1.54, 1.807) is 0 Å². The van der Waals surface area contributed by atoms with Gasteiger partial charge in [-0.3, -0.25) is 0 Å². The van der Waals surface area contributed by atoms with Gasteiger partial charge in [0.1, 0.15) is 6.10 Å². The van der Waals surface area contributed by atoms with E-state index in [2.05, 4.69) is 44.8 Å². The van der Waals surface area contributed by atoms with Crippen molar-refractivity contribution in [3.05, 3.63) is 35.4 Å². The van der Waals surface area contributed by atoms with E-state index in [0.717, 1.165) is 11.5 Å². The number of benzene rings is 1. The minimum absolute atomic E-state index is 0.0908. The van der Waals surface area contributed by atoms with E-state index in [1.165, 1.54) is 5.56 Å². The number of ether oxygens (including phenoxy) is 1. The van der Waals surface area contributed by atoms with Crippen LogP contribution >= 0.6 is 0 Å². The van der Waals surface area contributed by atoms with Gasteiger partial charge in [0.25, 0.3) is 0 Å². The van der Waals surface area contributed by atoms with E-state index in [-0.39, 0.29) is 11.6 Å². The molecule has 15 heavy (non-hydrogen) atoms. The number of rotatable bonds is 0. The maximum atomic E-state index is 5.76. The first-order valence-corrected chi connectivity index (χ1v) is 5.33. The minimum Gasteiger partial charge on any atom is -0.470 e. The highest BCUT2D eigenvalue weighted by Gasteiger charge is 2.26. The first-order valence-electron chi connectivity index (χ1n) is 5.33. The summed E-state index contributed by atoms with van der Waals surface area (Å²) in [7, 11) is 0. The molecular weight excluding hydrogens is 186 g/mol. The van der Waals surface area contributed by atoms with E-state index in [1.807, 2.05) is 12.1 Å². The molecule has 0 radical (unpaired) electrons. The Bertz CT molecular complexity index is 401. The zero-order chi connectivity index (χ0) is 11.1. The van der Waals surface area contributed by atoms with Crippen LogP contribution in [-0.4, -0.2) is 11.4 Å². The number of hydrogen-bond acceptors (Lipinski definition) is 2. The molecule has 2 nitrogen and oxygen atoms in total. The topological polar surface area (TPSA) is 21.6 Å². The van der Waals surface area contributed by atoms with Crippen LogP contribution in [0.1, 0.15) is 44.9 Å². The third kappa shape index (κ3) is 2.04. The lowest BCUT2D eigenvalue weighted by Crippen LogP contribution is -2.14. The summed E-state index contributed by atoms with van der Waals surface area (Å²) in [6, 6.07) is 8.24. The van der Waals surface area contributed by atoms with E-state index >= 15 is 0 Å². The van der Waals surface area contributed by atoms with E-state index in [0.29, 0.717) is 0 Å². The zero-order valence-electron chi connectivity index (χ0n) is 9.74. The van der Waals surface area contributed by atoms with Crippen LogP contribution in [0.5, 0.6) is 0 Å². The highest BCUT2D eigenvalue weighted by Crippen LogP contribution is 2.31. The molecule has 1 aromatic rings. The van der Waals surface area contributed by atoms with Crippen LogP contribution in [0.4, 0.5) is 0 Å². The van der Waals surface area contributed by atoms with Crippen molar-refractivity contribution in [1.29, 1.82) is 0 Å². The van der Waals surface area contributed by atoms with Crippen molar-refractivity contribution >= 4 is 5.90 Å². The predicted octanol–water partition coefficient (Wildman–Crippen LogP) is 3.32. The van der Waals surface area contributed by atoms with Crippen LogP contribution in [0, 0.1) is 0 Å².